The molecule has 7 nitrogen and oxygen atoms in total. The van der Waals surface area contributed by atoms with Gasteiger partial charge in [0, 0.05) is 16.8 Å². The van der Waals surface area contributed by atoms with Crippen molar-refractivity contribution in [3.05, 3.63) is 76.6 Å². The van der Waals surface area contributed by atoms with Gasteiger partial charge in [0.25, 0.3) is 5.91 Å². The fourth-order valence-corrected chi connectivity index (χ4v) is 3.47. The van der Waals surface area contributed by atoms with Crippen LogP contribution in [0.5, 0.6) is 5.75 Å². The Bertz CT molecular complexity index is 1400. The highest BCUT2D eigenvalue weighted by Gasteiger charge is 2.36. The second kappa shape index (κ2) is 8.79. The van der Waals surface area contributed by atoms with Crippen molar-refractivity contribution in [3.63, 3.8) is 0 Å². The van der Waals surface area contributed by atoms with Crippen molar-refractivity contribution in [1.82, 2.24) is 14.6 Å². The second-order valence-electron chi connectivity index (χ2n) is 7.24. The summed E-state index contributed by atoms with van der Waals surface area (Å²) in [5.41, 5.74) is -0.754. The lowest BCUT2D eigenvalue weighted by molar-refractivity contribution is -0.142. The molecule has 2 aromatic carbocycles. The van der Waals surface area contributed by atoms with Gasteiger partial charge in [-0.2, -0.15) is 18.3 Å². The number of benzene rings is 2. The van der Waals surface area contributed by atoms with Crippen molar-refractivity contribution in [3.8, 4) is 17.0 Å². The van der Waals surface area contributed by atoms with Gasteiger partial charge < -0.3 is 10.1 Å². The molecule has 2 aromatic heterocycles. The summed E-state index contributed by atoms with van der Waals surface area (Å²) in [7, 11) is 1.47. The van der Waals surface area contributed by atoms with E-state index in [9.17, 15) is 22.8 Å². The maximum Gasteiger partial charge on any atom is 0.433 e. The summed E-state index contributed by atoms with van der Waals surface area (Å²) in [6.07, 6.45) is -4.80. The topological polar surface area (TPSA) is 85.6 Å². The van der Waals surface area contributed by atoms with Gasteiger partial charge in [0.15, 0.2) is 22.8 Å². The van der Waals surface area contributed by atoms with Crippen LogP contribution in [0.4, 0.5) is 18.9 Å². The van der Waals surface area contributed by atoms with Crippen LogP contribution in [0.1, 0.15) is 33.5 Å². The lowest BCUT2D eigenvalue weighted by Gasteiger charge is -2.11. The second-order valence-corrected chi connectivity index (χ2v) is 7.62. The fraction of sp³-hybridized carbons (Fsp3) is 0.130. The number of methoxy groups -OCH3 is 1. The highest BCUT2D eigenvalue weighted by atomic mass is 35.5. The number of amides is 1. The molecule has 0 fully saturated rings. The largest absolute Gasteiger partial charge is 0.497 e. The van der Waals surface area contributed by atoms with Crippen molar-refractivity contribution in [2.45, 2.75) is 13.1 Å². The minimum Gasteiger partial charge on any atom is -0.497 e. The van der Waals surface area contributed by atoms with Gasteiger partial charge in [-0.1, -0.05) is 11.6 Å². The maximum absolute atomic E-state index is 13.8. The Balaban J connectivity index is 1.77. The number of nitrogens with zero attached hydrogens (tertiary/aromatic N) is 3. The van der Waals surface area contributed by atoms with Crippen LogP contribution in [-0.2, 0) is 6.18 Å². The maximum atomic E-state index is 13.8. The Hall–Kier alpha value is -3.92. The molecule has 0 bridgehead atoms. The van der Waals surface area contributed by atoms with Crippen molar-refractivity contribution in [2.75, 3.05) is 12.4 Å². The SMILES string of the molecule is COc1ccc(-c2cc(C(F)(F)F)n3nc(C(=O)Nc4ccc(C(C)=O)cc4)c(Cl)c3n2)cc1. The number of fused-ring (bicyclic) bond motifs is 1. The molecule has 0 aliphatic carbocycles. The number of hydrogen-bond donors (Lipinski definition) is 1. The Kier molecular flexibility index (Phi) is 6.01. The number of Topliss-reactive ketones (excluding diaryl/α,β-unsaturated/α-hetero) is 1. The fourth-order valence-electron chi connectivity index (χ4n) is 3.23. The molecule has 0 unspecified atom stereocenters. The van der Waals surface area contributed by atoms with E-state index in [0.717, 1.165) is 6.07 Å². The van der Waals surface area contributed by atoms with Crippen LogP contribution in [0.3, 0.4) is 0 Å². The summed E-state index contributed by atoms with van der Waals surface area (Å²) in [5.74, 6) is -0.455. The van der Waals surface area contributed by atoms with Gasteiger partial charge in [0.05, 0.1) is 12.8 Å². The average Bonchev–Trinajstić information content (AvgIpc) is 3.14. The summed E-state index contributed by atoms with van der Waals surface area (Å²) in [4.78, 5) is 28.4. The van der Waals surface area contributed by atoms with E-state index in [2.05, 4.69) is 15.4 Å². The molecule has 0 saturated carbocycles. The summed E-state index contributed by atoms with van der Waals surface area (Å²) in [5, 5.41) is 5.97. The minimum absolute atomic E-state index is 0.00365. The van der Waals surface area contributed by atoms with Gasteiger partial charge in [-0.15, -0.1) is 0 Å². The smallest absolute Gasteiger partial charge is 0.433 e. The van der Waals surface area contributed by atoms with Crippen LogP contribution in [0.15, 0.2) is 54.6 Å². The number of anilines is 1. The highest BCUT2D eigenvalue weighted by Crippen LogP contribution is 2.35. The van der Waals surface area contributed by atoms with Crippen LogP contribution in [0.25, 0.3) is 16.9 Å². The Labute approximate surface area is 196 Å². The molecular formula is C23H16ClF3N4O3. The number of carbonyl (C=O) groups excluding carboxylic acids is 2. The highest BCUT2D eigenvalue weighted by molar-refractivity contribution is 6.37. The molecule has 0 spiro atoms. The Morgan fingerprint density at radius 3 is 2.26 bits per heavy atom. The quantitative estimate of drug-likeness (QED) is 0.373. The molecule has 4 aromatic rings. The van der Waals surface area contributed by atoms with Crippen molar-refractivity contribution < 1.29 is 27.5 Å². The van der Waals surface area contributed by atoms with E-state index in [0.29, 0.717) is 27.1 Å². The molecule has 2 heterocycles. The molecule has 34 heavy (non-hydrogen) atoms. The lowest BCUT2D eigenvalue weighted by Crippen LogP contribution is -2.16. The molecular weight excluding hydrogens is 473 g/mol. The van der Waals surface area contributed by atoms with E-state index in [4.69, 9.17) is 16.3 Å². The number of ketones is 1. The summed E-state index contributed by atoms with van der Waals surface area (Å²) in [6.45, 7) is 1.40. The molecule has 0 aliphatic rings. The zero-order valence-corrected chi connectivity index (χ0v) is 18.5. The van der Waals surface area contributed by atoms with Crippen molar-refractivity contribution in [1.29, 1.82) is 0 Å². The minimum atomic E-state index is -4.80. The first-order chi connectivity index (χ1) is 16.1. The molecule has 11 heteroatoms. The van der Waals surface area contributed by atoms with Crippen LogP contribution < -0.4 is 10.1 Å². The number of alkyl halides is 3. The van der Waals surface area contributed by atoms with Gasteiger partial charge in [-0.05, 0) is 61.5 Å². The van der Waals surface area contributed by atoms with Crippen molar-refractivity contribution in [2.24, 2.45) is 0 Å². The molecule has 0 saturated heterocycles. The van der Waals surface area contributed by atoms with E-state index >= 15 is 0 Å². The Morgan fingerprint density at radius 1 is 1.06 bits per heavy atom. The van der Waals surface area contributed by atoms with E-state index < -0.39 is 23.5 Å². The van der Waals surface area contributed by atoms with E-state index in [1.54, 1.807) is 24.3 Å². The predicted molar refractivity (Wildman–Crippen MR) is 119 cm³/mol. The molecule has 0 atom stereocenters. The third-order valence-electron chi connectivity index (χ3n) is 4.97. The molecule has 174 valence electrons. The van der Waals surface area contributed by atoms with Crippen LogP contribution in [0.2, 0.25) is 5.02 Å². The molecule has 1 amide bonds. The number of halogens is 4. The first kappa shape index (κ1) is 23.2. The number of carbonyl (C=O) groups is 2. The average molecular weight is 489 g/mol. The van der Waals surface area contributed by atoms with Crippen LogP contribution in [0, 0.1) is 0 Å². The zero-order chi connectivity index (χ0) is 24.6. The molecule has 1 N–H and O–H groups in total. The Morgan fingerprint density at radius 2 is 1.71 bits per heavy atom. The van der Waals surface area contributed by atoms with Gasteiger partial charge in [-0.3, -0.25) is 9.59 Å². The van der Waals surface area contributed by atoms with E-state index in [1.165, 1.54) is 38.3 Å². The predicted octanol–water partition coefficient (Wildman–Crippen LogP) is 5.53. The number of nitrogens with one attached hydrogen (secondary N) is 1. The monoisotopic (exact) mass is 488 g/mol. The third kappa shape index (κ3) is 4.44. The van der Waals surface area contributed by atoms with E-state index in [-0.39, 0.29) is 22.1 Å². The zero-order valence-electron chi connectivity index (χ0n) is 17.8. The first-order valence-corrected chi connectivity index (χ1v) is 10.2. The number of hydrogen-bond acceptors (Lipinski definition) is 5. The summed E-state index contributed by atoms with van der Waals surface area (Å²) < 4.78 is 47.1. The van der Waals surface area contributed by atoms with Gasteiger partial charge in [-0.25, -0.2) is 9.50 Å². The standard InChI is InChI=1S/C23H16ClF3N4O3/c1-12(32)13-3-7-15(8-4-13)28-22(33)20-19(24)21-29-17(14-5-9-16(34-2)10-6-14)11-18(23(25,26)27)31(21)30-20/h3-11H,1-2H3,(H,28,33). The first-order valence-electron chi connectivity index (χ1n) is 9.81. The van der Waals surface area contributed by atoms with E-state index in [1.807, 2.05) is 0 Å². The van der Waals surface area contributed by atoms with Crippen LogP contribution in [-0.4, -0.2) is 33.4 Å². The molecule has 0 aliphatic heterocycles. The van der Waals surface area contributed by atoms with Gasteiger partial charge in [0.2, 0.25) is 0 Å². The molecule has 4 rings (SSSR count). The number of rotatable bonds is 5. The number of ether oxygens (including phenoxy) is 1. The van der Waals surface area contributed by atoms with Gasteiger partial charge in [0.1, 0.15) is 10.8 Å². The van der Waals surface area contributed by atoms with Crippen molar-refractivity contribution >= 4 is 34.6 Å². The van der Waals surface area contributed by atoms with Crippen LogP contribution >= 0.6 is 11.6 Å². The van der Waals surface area contributed by atoms with Gasteiger partial charge >= 0.3 is 6.18 Å². The number of aromatic nitrogens is 3. The lowest BCUT2D eigenvalue weighted by atomic mass is 10.1. The molecule has 0 radical (unpaired) electrons. The summed E-state index contributed by atoms with van der Waals surface area (Å²) >= 11 is 6.28. The normalized spacial score (nSPS) is 11.5. The summed E-state index contributed by atoms with van der Waals surface area (Å²) in [6, 6.07) is 13.1. The third-order valence-corrected chi connectivity index (χ3v) is 5.32.